The van der Waals surface area contributed by atoms with Crippen LogP contribution in [0.1, 0.15) is 6.92 Å². The van der Waals surface area contributed by atoms with Crippen LogP contribution in [0.2, 0.25) is 0 Å². The predicted molar refractivity (Wildman–Crippen MR) is 76.7 cm³/mol. The highest BCUT2D eigenvalue weighted by Gasteiger charge is 2.19. The Balaban J connectivity index is 2.78. The van der Waals surface area contributed by atoms with Gasteiger partial charge < -0.3 is 10.2 Å². The fourth-order valence-electron chi connectivity index (χ4n) is 1.49. The van der Waals surface area contributed by atoms with Crippen molar-refractivity contribution in [2.75, 3.05) is 37.3 Å². The first-order chi connectivity index (χ1) is 8.36. The van der Waals surface area contributed by atoms with Gasteiger partial charge in [-0.15, -0.1) is 0 Å². The molecular weight excluding hydrogens is 250 g/mol. The Morgan fingerprint density at radius 3 is 2.22 bits per heavy atom. The maximum Gasteiger partial charge on any atom is 0.236 e. The molecule has 6 heteroatoms. The fraction of sp³-hybridized carbons (Fsp3) is 0.500. The van der Waals surface area contributed by atoms with E-state index in [4.69, 9.17) is 0 Å². The van der Waals surface area contributed by atoms with Gasteiger partial charge in [-0.1, -0.05) is 0 Å². The number of nitrogens with one attached hydrogen (secondary N) is 2. The Morgan fingerprint density at radius 2 is 1.78 bits per heavy atom. The molecule has 0 aliphatic rings. The lowest BCUT2D eigenvalue weighted by Gasteiger charge is -2.16. The zero-order chi connectivity index (χ0) is 13.8. The first kappa shape index (κ1) is 14.8. The van der Waals surface area contributed by atoms with Crippen LogP contribution in [0, 0.1) is 0 Å². The number of hydrogen-bond donors (Lipinski definition) is 2. The van der Waals surface area contributed by atoms with Gasteiger partial charge in [-0.05, 0) is 38.2 Å². The van der Waals surface area contributed by atoms with E-state index in [-0.39, 0.29) is 0 Å². The van der Waals surface area contributed by atoms with E-state index in [9.17, 15) is 8.42 Å². The Hall–Kier alpha value is -1.27. The standard InChI is InChI=1S/C12H21N3O2S/c1-10(9-13-2)18(16,17)14-11-5-7-12(8-6-11)15(3)4/h5-8,10,13-14H,9H2,1-4H3. The zero-order valence-corrected chi connectivity index (χ0v) is 12.1. The van der Waals surface area contributed by atoms with Gasteiger partial charge in [0.2, 0.25) is 10.0 Å². The van der Waals surface area contributed by atoms with Crippen molar-refractivity contribution in [3.8, 4) is 0 Å². The highest BCUT2D eigenvalue weighted by molar-refractivity contribution is 7.93. The van der Waals surface area contributed by atoms with Crippen molar-refractivity contribution in [1.29, 1.82) is 0 Å². The first-order valence-corrected chi connectivity index (χ1v) is 7.35. The minimum atomic E-state index is -3.33. The molecule has 1 unspecified atom stereocenters. The summed E-state index contributed by atoms with van der Waals surface area (Å²) in [6.45, 7) is 2.10. The van der Waals surface area contributed by atoms with Crippen LogP contribution in [0.3, 0.4) is 0 Å². The Morgan fingerprint density at radius 1 is 1.22 bits per heavy atom. The number of benzene rings is 1. The van der Waals surface area contributed by atoms with Crippen LogP contribution in [0.25, 0.3) is 0 Å². The third kappa shape index (κ3) is 3.89. The van der Waals surface area contributed by atoms with Gasteiger partial charge in [-0.3, -0.25) is 4.72 Å². The van der Waals surface area contributed by atoms with Crippen molar-refractivity contribution in [3.63, 3.8) is 0 Å². The Bertz CT molecular complexity index is 469. The lowest BCUT2D eigenvalue weighted by Crippen LogP contribution is -2.33. The number of sulfonamides is 1. The van der Waals surface area contributed by atoms with E-state index >= 15 is 0 Å². The van der Waals surface area contributed by atoms with E-state index in [1.807, 2.05) is 31.1 Å². The van der Waals surface area contributed by atoms with Crippen LogP contribution in [-0.4, -0.2) is 41.4 Å². The molecule has 0 spiro atoms. The average Bonchev–Trinajstić information content (AvgIpc) is 2.29. The minimum absolute atomic E-state index is 0.422. The summed E-state index contributed by atoms with van der Waals surface area (Å²) in [6.07, 6.45) is 0. The third-order valence-corrected chi connectivity index (χ3v) is 4.41. The number of anilines is 2. The lowest BCUT2D eigenvalue weighted by molar-refractivity contribution is 0.584. The first-order valence-electron chi connectivity index (χ1n) is 5.80. The third-order valence-electron chi connectivity index (χ3n) is 2.67. The normalized spacial score (nSPS) is 13.1. The van der Waals surface area contributed by atoms with Gasteiger partial charge in [0.15, 0.2) is 0 Å². The van der Waals surface area contributed by atoms with E-state index in [0.29, 0.717) is 12.2 Å². The molecule has 0 radical (unpaired) electrons. The van der Waals surface area contributed by atoms with Gasteiger partial charge in [0, 0.05) is 32.0 Å². The molecule has 1 aromatic carbocycles. The zero-order valence-electron chi connectivity index (χ0n) is 11.3. The van der Waals surface area contributed by atoms with Gasteiger partial charge in [0.05, 0.1) is 5.25 Å². The summed E-state index contributed by atoms with van der Waals surface area (Å²) in [5.41, 5.74) is 1.62. The summed E-state index contributed by atoms with van der Waals surface area (Å²) < 4.78 is 26.5. The predicted octanol–water partition coefficient (Wildman–Crippen LogP) is 1.10. The quantitative estimate of drug-likeness (QED) is 0.813. The van der Waals surface area contributed by atoms with Crippen molar-refractivity contribution in [1.82, 2.24) is 5.32 Å². The molecule has 0 amide bonds. The molecule has 0 aliphatic heterocycles. The Labute approximate surface area is 109 Å². The molecule has 0 saturated heterocycles. The summed E-state index contributed by atoms with van der Waals surface area (Å²) in [4.78, 5) is 1.96. The summed E-state index contributed by atoms with van der Waals surface area (Å²) in [5, 5.41) is 2.38. The van der Waals surface area contributed by atoms with Crippen molar-refractivity contribution >= 4 is 21.4 Å². The number of rotatable bonds is 6. The highest BCUT2D eigenvalue weighted by atomic mass is 32.2. The molecule has 0 bridgehead atoms. The second kappa shape index (κ2) is 6.06. The van der Waals surface area contributed by atoms with Crippen molar-refractivity contribution in [2.24, 2.45) is 0 Å². The summed E-state index contributed by atoms with van der Waals surface area (Å²) in [7, 11) is 2.28. The van der Waals surface area contributed by atoms with Crippen LogP contribution < -0.4 is 14.9 Å². The van der Waals surface area contributed by atoms with Crippen LogP contribution in [0.4, 0.5) is 11.4 Å². The van der Waals surface area contributed by atoms with Crippen molar-refractivity contribution < 1.29 is 8.42 Å². The van der Waals surface area contributed by atoms with Gasteiger partial charge in [0.25, 0.3) is 0 Å². The van der Waals surface area contributed by atoms with Crippen LogP contribution in [0.5, 0.6) is 0 Å². The van der Waals surface area contributed by atoms with E-state index in [0.717, 1.165) is 5.69 Å². The molecule has 0 aliphatic carbocycles. The summed E-state index contributed by atoms with van der Waals surface area (Å²) in [6, 6.07) is 7.28. The fourth-order valence-corrected chi connectivity index (χ4v) is 2.54. The highest BCUT2D eigenvalue weighted by Crippen LogP contribution is 2.17. The number of hydrogen-bond acceptors (Lipinski definition) is 4. The van der Waals surface area contributed by atoms with E-state index in [1.165, 1.54) is 0 Å². The lowest BCUT2D eigenvalue weighted by atomic mass is 10.3. The van der Waals surface area contributed by atoms with Gasteiger partial charge >= 0.3 is 0 Å². The van der Waals surface area contributed by atoms with Crippen LogP contribution in [-0.2, 0) is 10.0 Å². The summed E-state index contributed by atoms with van der Waals surface area (Å²) in [5.74, 6) is 0. The summed E-state index contributed by atoms with van der Waals surface area (Å²) >= 11 is 0. The Kier molecular flexibility index (Phi) is 4.98. The second-order valence-electron chi connectivity index (χ2n) is 4.46. The molecule has 18 heavy (non-hydrogen) atoms. The molecule has 0 heterocycles. The van der Waals surface area contributed by atoms with Crippen molar-refractivity contribution in [2.45, 2.75) is 12.2 Å². The molecule has 0 saturated carbocycles. The smallest absolute Gasteiger partial charge is 0.236 e. The molecule has 0 aromatic heterocycles. The molecule has 0 fully saturated rings. The van der Waals surface area contributed by atoms with Gasteiger partial charge in [0.1, 0.15) is 0 Å². The van der Waals surface area contributed by atoms with Crippen LogP contribution in [0.15, 0.2) is 24.3 Å². The molecular formula is C12H21N3O2S. The van der Waals surface area contributed by atoms with E-state index in [2.05, 4.69) is 10.0 Å². The average molecular weight is 271 g/mol. The molecule has 2 N–H and O–H groups in total. The molecule has 1 atom stereocenters. The second-order valence-corrected chi connectivity index (χ2v) is 6.56. The van der Waals surface area contributed by atoms with Crippen molar-refractivity contribution in [3.05, 3.63) is 24.3 Å². The SMILES string of the molecule is CNCC(C)S(=O)(=O)Nc1ccc(N(C)C)cc1. The molecule has 1 aromatic rings. The molecule has 102 valence electrons. The monoisotopic (exact) mass is 271 g/mol. The van der Waals surface area contributed by atoms with Crippen LogP contribution >= 0.6 is 0 Å². The minimum Gasteiger partial charge on any atom is -0.378 e. The molecule has 5 nitrogen and oxygen atoms in total. The maximum absolute atomic E-state index is 11.9. The van der Waals surface area contributed by atoms with Gasteiger partial charge in [-0.25, -0.2) is 8.42 Å². The largest absolute Gasteiger partial charge is 0.378 e. The molecule has 1 rings (SSSR count). The topological polar surface area (TPSA) is 61.4 Å². The maximum atomic E-state index is 11.9. The van der Waals surface area contributed by atoms with Gasteiger partial charge in [-0.2, -0.15) is 0 Å². The van der Waals surface area contributed by atoms with E-state index in [1.54, 1.807) is 26.1 Å². The van der Waals surface area contributed by atoms with E-state index < -0.39 is 15.3 Å². The number of nitrogens with zero attached hydrogens (tertiary/aromatic N) is 1.